The van der Waals surface area contributed by atoms with Gasteiger partial charge in [-0.3, -0.25) is 14.2 Å². The fourth-order valence-corrected chi connectivity index (χ4v) is 6.35. The fraction of sp³-hybridized carbons (Fsp3) is 0.690. The number of ether oxygens (including phenoxy) is 2. The Labute approximate surface area is 228 Å². The Balaban J connectivity index is 1.24. The number of fused-ring (bicyclic) bond motifs is 4. The molecule has 4 fully saturated rings. The summed E-state index contributed by atoms with van der Waals surface area (Å²) in [6, 6.07) is 0. The number of nitrogens with zero attached hydrogens (tertiary/aromatic N) is 4. The normalized spacial score (nSPS) is 27.9. The van der Waals surface area contributed by atoms with Crippen LogP contribution in [0.2, 0.25) is 0 Å². The van der Waals surface area contributed by atoms with E-state index in [0.29, 0.717) is 19.3 Å². The third-order valence-corrected chi connectivity index (χ3v) is 8.85. The van der Waals surface area contributed by atoms with Gasteiger partial charge in [0, 0.05) is 6.42 Å². The number of carbonyl (C=O) groups excluding carboxylic acids is 2. The number of unbranched alkanes of at least 4 members (excludes halogenated alkanes) is 4. The predicted octanol–water partition coefficient (Wildman–Crippen LogP) is 5.46. The van der Waals surface area contributed by atoms with E-state index in [4.69, 9.17) is 15.9 Å². The van der Waals surface area contributed by atoms with Gasteiger partial charge >= 0.3 is 12.0 Å². The molecule has 1 saturated heterocycles. The minimum absolute atomic E-state index is 0.0282. The summed E-state index contributed by atoms with van der Waals surface area (Å²) in [5, 5.41) is 2.69. The molecule has 0 spiro atoms. The van der Waals surface area contributed by atoms with E-state index in [-0.39, 0.29) is 40.9 Å². The monoisotopic (exact) mass is 539 g/mol. The molecule has 1 aliphatic heterocycles. The van der Waals surface area contributed by atoms with Crippen molar-refractivity contribution < 1.29 is 23.5 Å². The van der Waals surface area contributed by atoms with Crippen molar-refractivity contribution in [2.24, 2.45) is 11.3 Å². The molecule has 10 heteroatoms. The van der Waals surface area contributed by atoms with E-state index >= 15 is 0 Å². The third-order valence-electron chi connectivity index (χ3n) is 8.85. The second kappa shape index (κ2) is 11.6. The molecule has 2 aromatic heterocycles. The quantitative estimate of drug-likeness (QED) is 0.175. The molecule has 6 rings (SSSR count). The molecule has 3 heterocycles. The Morgan fingerprint density at radius 3 is 2.62 bits per heavy atom. The van der Waals surface area contributed by atoms with Crippen molar-refractivity contribution in [2.75, 3.05) is 11.9 Å². The first kappa shape index (κ1) is 27.5. The van der Waals surface area contributed by atoms with Gasteiger partial charge in [0.15, 0.2) is 22.6 Å². The van der Waals surface area contributed by atoms with E-state index in [1.165, 1.54) is 6.33 Å². The van der Waals surface area contributed by atoms with Crippen molar-refractivity contribution >= 4 is 28.9 Å². The number of nitrogens with one attached hydrogen (secondary N) is 1. The molecular formula is C29H38FN5O4. The number of rotatable bonds is 11. The first-order valence-electron chi connectivity index (χ1n) is 14.4. The number of halogens is 1. The topological polar surface area (TPSA) is 108 Å². The average molecular weight is 540 g/mol. The van der Waals surface area contributed by atoms with Gasteiger partial charge < -0.3 is 14.8 Å². The summed E-state index contributed by atoms with van der Waals surface area (Å²) in [6.07, 6.45) is 18.1. The highest BCUT2D eigenvalue weighted by Gasteiger charge is 2.48. The van der Waals surface area contributed by atoms with E-state index in [1.807, 2.05) is 0 Å². The van der Waals surface area contributed by atoms with Crippen LogP contribution in [0, 0.1) is 29.8 Å². The molecule has 0 radical (unpaired) electrons. The second-order valence-corrected chi connectivity index (χ2v) is 11.5. The van der Waals surface area contributed by atoms with Gasteiger partial charge in [0.05, 0.1) is 11.7 Å². The largest absolute Gasteiger partial charge is 0.461 e. The lowest BCUT2D eigenvalue weighted by Crippen LogP contribution is -2.43. The van der Waals surface area contributed by atoms with Gasteiger partial charge in [0.25, 0.3) is 0 Å². The van der Waals surface area contributed by atoms with Gasteiger partial charge in [-0.05, 0) is 63.7 Å². The van der Waals surface area contributed by atoms with Crippen molar-refractivity contribution in [1.29, 1.82) is 0 Å². The first-order chi connectivity index (χ1) is 18.9. The molecule has 210 valence electrons. The van der Waals surface area contributed by atoms with Crippen molar-refractivity contribution in [1.82, 2.24) is 19.5 Å². The molecule has 1 amide bonds. The van der Waals surface area contributed by atoms with Gasteiger partial charge in [0.1, 0.15) is 12.8 Å². The minimum atomic E-state index is -1.08. The summed E-state index contributed by atoms with van der Waals surface area (Å²) in [4.78, 5) is 37.6. The summed E-state index contributed by atoms with van der Waals surface area (Å²) in [6.45, 7) is 2.11. The van der Waals surface area contributed by atoms with Crippen molar-refractivity contribution in [3.63, 3.8) is 0 Å². The lowest BCUT2D eigenvalue weighted by molar-refractivity contribution is -0.170. The zero-order valence-electron chi connectivity index (χ0n) is 22.7. The van der Waals surface area contributed by atoms with Gasteiger partial charge in [0.2, 0.25) is 5.91 Å². The molecular weight excluding hydrogens is 501 g/mol. The van der Waals surface area contributed by atoms with Crippen LogP contribution in [0.1, 0.15) is 103 Å². The number of amides is 1. The van der Waals surface area contributed by atoms with E-state index in [0.717, 1.165) is 76.5 Å². The van der Waals surface area contributed by atoms with Gasteiger partial charge in [-0.15, -0.1) is 6.42 Å². The van der Waals surface area contributed by atoms with Crippen LogP contribution in [0.3, 0.4) is 0 Å². The fourth-order valence-electron chi connectivity index (χ4n) is 6.35. The summed E-state index contributed by atoms with van der Waals surface area (Å²) in [7, 11) is 0. The Morgan fingerprint density at radius 1 is 1.15 bits per heavy atom. The SMILES string of the molecule is C#C[C@@]1(COC(=O)C23CCC(CC2)CC3)CC[C@H](n2cnc3c(NC(=O)CCCCCCC)nc(F)nc32)O1. The molecule has 2 atom stereocenters. The standard InChI is InChI=1S/C29H38FN5O4/c1-3-5-6-7-8-9-21(36)32-24-23-25(34-27(30)33-24)35(19-31-23)22-13-17-29(4-2,39-22)18-38-26(37)28-14-10-20(11-15-28)12-16-28/h2,19-20,22H,3,5-18H2,1H3,(H,32,33,34,36)/t20?,22-,28?,29+/m1/s1. The maximum absolute atomic E-state index is 14.4. The van der Waals surface area contributed by atoms with Crippen molar-refractivity contribution in [3.05, 3.63) is 12.4 Å². The summed E-state index contributed by atoms with van der Waals surface area (Å²) in [5.74, 6) is 3.07. The molecule has 39 heavy (non-hydrogen) atoms. The van der Waals surface area contributed by atoms with Gasteiger partial charge in [-0.1, -0.05) is 38.5 Å². The molecule has 4 aliphatic rings. The predicted molar refractivity (Wildman–Crippen MR) is 143 cm³/mol. The van der Waals surface area contributed by atoms with Crippen LogP contribution in [0.4, 0.5) is 10.2 Å². The highest BCUT2D eigenvalue weighted by molar-refractivity contribution is 5.96. The molecule has 1 N–H and O–H groups in total. The third kappa shape index (κ3) is 5.79. The van der Waals surface area contributed by atoms with Crippen LogP contribution < -0.4 is 5.32 Å². The molecule has 3 aliphatic carbocycles. The van der Waals surface area contributed by atoms with Crippen LogP contribution in [-0.4, -0.2) is 43.6 Å². The van der Waals surface area contributed by atoms with E-state index in [2.05, 4.69) is 33.1 Å². The Bertz CT molecular complexity index is 1230. The average Bonchev–Trinajstić information content (AvgIpc) is 3.57. The maximum atomic E-state index is 14.4. The maximum Gasteiger partial charge on any atom is 0.312 e. The number of hydrogen-bond donors (Lipinski definition) is 1. The zero-order chi connectivity index (χ0) is 27.5. The lowest BCUT2D eigenvalue weighted by Gasteiger charge is -2.44. The van der Waals surface area contributed by atoms with Crippen LogP contribution in [0.25, 0.3) is 11.2 Å². The minimum Gasteiger partial charge on any atom is -0.461 e. The molecule has 0 unspecified atom stereocenters. The Kier molecular flexibility index (Phi) is 8.17. The number of terminal acetylenes is 1. The number of esters is 1. The summed E-state index contributed by atoms with van der Waals surface area (Å²) < 4.78 is 28.1. The Morgan fingerprint density at radius 2 is 1.90 bits per heavy atom. The highest BCUT2D eigenvalue weighted by atomic mass is 19.1. The van der Waals surface area contributed by atoms with E-state index in [1.54, 1.807) is 4.57 Å². The second-order valence-electron chi connectivity index (χ2n) is 11.5. The first-order valence-corrected chi connectivity index (χ1v) is 14.4. The van der Waals surface area contributed by atoms with Crippen molar-refractivity contribution in [2.45, 2.75) is 109 Å². The molecule has 3 saturated carbocycles. The number of imidazole rings is 1. The van der Waals surface area contributed by atoms with E-state index in [9.17, 15) is 14.0 Å². The smallest absolute Gasteiger partial charge is 0.312 e. The highest BCUT2D eigenvalue weighted by Crippen LogP contribution is 2.51. The number of anilines is 1. The number of aromatic nitrogens is 4. The van der Waals surface area contributed by atoms with Crippen LogP contribution in [-0.2, 0) is 19.1 Å². The molecule has 9 nitrogen and oxygen atoms in total. The lowest BCUT2D eigenvalue weighted by atomic mass is 9.61. The number of carbonyl (C=O) groups is 2. The number of hydrogen-bond acceptors (Lipinski definition) is 7. The van der Waals surface area contributed by atoms with Gasteiger partial charge in [-0.2, -0.15) is 14.4 Å². The van der Waals surface area contributed by atoms with Crippen LogP contribution >= 0.6 is 0 Å². The van der Waals surface area contributed by atoms with Crippen LogP contribution in [0.5, 0.6) is 0 Å². The molecule has 2 bridgehead atoms. The molecule has 2 aromatic rings. The summed E-state index contributed by atoms with van der Waals surface area (Å²) in [5.41, 5.74) is -0.988. The summed E-state index contributed by atoms with van der Waals surface area (Å²) >= 11 is 0. The van der Waals surface area contributed by atoms with Crippen LogP contribution in [0.15, 0.2) is 6.33 Å². The Hall–Kier alpha value is -3.06. The van der Waals surface area contributed by atoms with E-state index < -0.39 is 17.9 Å². The molecule has 0 aromatic carbocycles. The van der Waals surface area contributed by atoms with Gasteiger partial charge in [-0.25, -0.2) is 4.98 Å². The van der Waals surface area contributed by atoms with Crippen molar-refractivity contribution in [3.8, 4) is 12.3 Å². The zero-order valence-corrected chi connectivity index (χ0v) is 22.7.